The summed E-state index contributed by atoms with van der Waals surface area (Å²) in [6.07, 6.45) is 11.2. The number of carbonyl (C=O) groups is 1. The molecule has 0 amide bonds. The number of halogens is 2. The van der Waals surface area contributed by atoms with E-state index in [2.05, 4.69) is 35.1 Å². The third-order valence-electron chi connectivity index (χ3n) is 8.78. The molecule has 3 aromatic heterocycles. The number of nitrogens with one attached hydrogen (secondary N) is 1. The lowest BCUT2D eigenvalue weighted by molar-refractivity contribution is -0.120. The van der Waals surface area contributed by atoms with Crippen LogP contribution in [0.4, 0.5) is 23.4 Å². The molecule has 0 aromatic carbocycles. The van der Waals surface area contributed by atoms with Crippen molar-refractivity contribution in [3.05, 3.63) is 41.9 Å². The Morgan fingerprint density at radius 2 is 1.93 bits per heavy atom. The quantitative estimate of drug-likeness (QED) is 0.345. The number of rotatable bonds is 7. The number of aliphatic hydroxyl groups excluding tert-OH is 1. The Morgan fingerprint density at radius 1 is 1.14 bits per heavy atom. The van der Waals surface area contributed by atoms with Crippen molar-refractivity contribution in [2.45, 2.75) is 61.0 Å². The third kappa shape index (κ3) is 6.00. The van der Waals surface area contributed by atoms with Crippen LogP contribution >= 0.6 is 35.8 Å². The van der Waals surface area contributed by atoms with Crippen LogP contribution < -0.4 is 20.9 Å². The molecule has 0 unspecified atom stereocenters. The average molecular weight is 633 g/mol. The predicted molar refractivity (Wildman–Crippen MR) is 166 cm³/mol. The molecule has 1 saturated carbocycles. The van der Waals surface area contributed by atoms with Gasteiger partial charge in [0.05, 0.1) is 30.1 Å². The van der Waals surface area contributed by atoms with Gasteiger partial charge in [-0.15, -0.1) is 12.4 Å². The minimum absolute atomic E-state index is 0. The van der Waals surface area contributed by atoms with E-state index >= 15 is 0 Å². The van der Waals surface area contributed by atoms with E-state index in [0.717, 1.165) is 56.0 Å². The molecule has 1 aliphatic carbocycles. The van der Waals surface area contributed by atoms with Crippen molar-refractivity contribution in [3.63, 3.8) is 0 Å². The van der Waals surface area contributed by atoms with Crippen LogP contribution in [0.5, 0.6) is 0 Å². The highest BCUT2D eigenvalue weighted by molar-refractivity contribution is 7.99. The average Bonchev–Trinajstić information content (AvgIpc) is 3.55. The monoisotopic (exact) mass is 631 g/mol. The van der Waals surface area contributed by atoms with Gasteiger partial charge in [0.2, 0.25) is 5.95 Å². The summed E-state index contributed by atoms with van der Waals surface area (Å²) in [7, 11) is 0. The Bertz CT molecular complexity index is 1410. The van der Waals surface area contributed by atoms with E-state index in [1.54, 1.807) is 30.9 Å². The predicted octanol–water partition coefficient (Wildman–Crippen LogP) is 4.12. The van der Waals surface area contributed by atoms with E-state index in [-0.39, 0.29) is 42.4 Å². The molecule has 224 valence electrons. The summed E-state index contributed by atoms with van der Waals surface area (Å²) in [5, 5.41) is 14.0. The number of hydrogen-bond donors (Lipinski definition) is 3. The largest absolute Gasteiger partial charge is 0.394 e. The Hall–Kier alpha value is -2.77. The molecule has 3 aliphatic rings. The van der Waals surface area contributed by atoms with Crippen LogP contribution in [0, 0.1) is 11.3 Å². The first-order chi connectivity index (χ1) is 19.9. The fourth-order valence-corrected chi connectivity index (χ4v) is 7.27. The molecule has 0 bridgehead atoms. The molecule has 2 aliphatic heterocycles. The maximum atomic E-state index is 12.3. The normalized spacial score (nSPS) is 23.3. The summed E-state index contributed by atoms with van der Waals surface area (Å²) >= 11 is 8.15. The maximum Gasteiger partial charge on any atom is 0.227 e. The van der Waals surface area contributed by atoms with Gasteiger partial charge in [0.25, 0.3) is 0 Å². The summed E-state index contributed by atoms with van der Waals surface area (Å²) in [5.41, 5.74) is 6.38. The standard InChI is InChI=1S/C28H34ClN9O2S.ClH/c1-17-19(40)13-28(25(17)30)6-11-37(12-7-28)22-14-34-23(15-33-22)41-20-4-8-31-26(24(20)29)35-21-5-9-32-27(36-21)38-10-2-3-18(38)16-39;/h4-5,8-9,14-15,17-18,25,39H,2-3,6-7,10-13,16,30H2,1H3,(H,31,32,35,36);1H/t17-,18+,25+;/m1./s1. The Kier molecular flexibility index (Phi) is 9.38. The van der Waals surface area contributed by atoms with Crippen LogP contribution in [0.25, 0.3) is 0 Å². The fraction of sp³-hybridized carbons (Fsp3) is 0.500. The van der Waals surface area contributed by atoms with Crippen molar-refractivity contribution in [1.82, 2.24) is 24.9 Å². The number of pyridine rings is 1. The second-order valence-corrected chi connectivity index (χ2v) is 12.6. The minimum Gasteiger partial charge on any atom is -0.394 e. The molecule has 0 radical (unpaired) electrons. The summed E-state index contributed by atoms with van der Waals surface area (Å²) in [4.78, 5) is 40.0. The minimum atomic E-state index is -0.0799. The lowest BCUT2D eigenvalue weighted by Gasteiger charge is -2.42. The van der Waals surface area contributed by atoms with E-state index < -0.39 is 0 Å². The van der Waals surface area contributed by atoms with Gasteiger partial charge in [-0.2, -0.15) is 4.98 Å². The molecule has 2 saturated heterocycles. The van der Waals surface area contributed by atoms with Crippen molar-refractivity contribution in [2.75, 3.05) is 41.4 Å². The molecule has 14 heteroatoms. The highest BCUT2D eigenvalue weighted by Gasteiger charge is 2.50. The number of piperidine rings is 1. The third-order valence-corrected chi connectivity index (χ3v) is 10.3. The van der Waals surface area contributed by atoms with Crippen LogP contribution in [-0.2, 0) is 4.79 Å². The van der Waals surface area contributed by atoms with Gasteiger partial charge in [-0.05, 0) is 43.2 Å². The number of ketones is 1. The van der Waals surface area contributed by atoms with E-state index in [0.29, 0.717) is 39.8 Å². The van der Waals surface area contributed by atoms with E-state index in [1.807, 2.05) is 17.9 Å². The maximum absolute atomic E-state index is 12.3. The zero-order chi connectivity index (χ0) is 28.6. The topological polar surface area (TPSA) is 146 Å². The highest BCUT2D eigenvalue weighted by atomic mass is 35.5. The number of aliphatic hydroxyl groups is 1. The van der Waals surface area contributed by atoms with Gasteiger partial charge in [0.1, 0.15) is 22.4 Å². The lowest BCUT2D eigenvalue weighted by Crippen LogP contribution is -2.48. The number of nitrogens with two attached hydrogens (primary N) is 1. The summed E-state index contributed by atoms with van der Waals surface area (Å²) in [5.74, 6) is 2.67. The smallest absolute Gasteiger partial charge is 0.227 e. The molecule has 42 heavy (non-hydrogen) atoms. The Balaban J connectivity index is 0.00000353. The van der Waals surface area contributed by atoms with Crippen LogP contribution in [0.2, 0.25) is 5.02 Å². The van der Waals surface area contributed by atoms with E-state index in [9.17, 15) is 9.90 Å². The zero-order valence-corrected chi connectivity index (χ0v) is 25.7. The van der Waals surface area contributed by atoms with Gasteiger partial charge in [-0.1, -0.05) is 30.3 Å². The lowest BCUT2D eigenvalue weighted by atomic mass is 9.73. The van der Waals surface area contributed by atoms with Crippen LogP contribution in [0.15, 0.2) is 46.8 Å². The van der Waals surface area contributed by atoms with Crippen LogP contribution in [0.1, 0.15) is 39.0 Å². The van der Waals surface area contributed by atoms with Crippen LogP contribution in [-0.4, -0.2) is 74.1 Å². The number of Topliss-reactive ketones (excluding diaryl/α,β-unsaturated/α-hetero) is 1. The summed E-state index contributed by atoms with van der Waals surface area (Å²) in [6.45, 7) is 4.46. The van der Waals surface area contributed by atoms with Gasteiger partial charge < -0.3 is 26.0 Å². The van der Waals surface area contributed by atoms with Crippen molar-refractivity contribution < 1.29 is 9.90 Å². The van der Waals surface area contributed by atoms with Gasteiger partial charge in [0.15, 0.2) is 5.82 Å². The number of aromatic nitrogens is 5. The zero-order valence-electron chi connectivity index (χ0n) is 23.3. The Labute approximate surface area is 260 Å². The number of nitrogens with zero attached hydrogens (tertiary/aromatic N) is 7. The molecular formula is C28H35Cl2N9O2S. The number of carbonyl (C=O) groups excluding carboxylic acids is 1. The molecule has 3 fully saturated rings. The van der Waals surface area contributed by atoms with Crippen molar-refractivity contribution in [2.24, 2.45) is 17.1 Å². The number of hydrogen-bond acceptors (Lipinski definition) is 12. The van der Waals surface area contributed by atoms with Gasteiger partial charge in [-0.3, -0.25) is 4.79 Å². The molecule has 5 heterocycles. The van der Waals surface area contributed by atoms with Crippen molar-refractivity contribution in [3.8, 4) is 0 Å². The van der Waals surface area contributed by atoms with Crippen molar-refractivity contribution in [1.29, 1.82) is 0 Å². The van der Waals surface area contributed by atoms with E-state index in [4.69, 9.17) is 17.3 Å². The molecule has 11 nitrogen and oxygen atoms in total. The first kappa shape index (κ1) is 30.7. The molecule has 3 atom stereocenters. The van der Waals surface area contributed by atoms with Gasteiger partial charge in [-0.25, -0.2) is 19.9 Å². The summed E-state index contributed by atoms with van der Waals surface area (Å²) < 4.78 is 0. The van der Waals surface area contributed by atoms with Crippen LogP contribution in [0.3, 0.4) is 0 Å². The second-order valence-electron chi connectivity index (χ2n) is 11.1. The SMILES string of the molecule is C[C@@H]1C(=O)CC2(CCN(c3cnc(Sc4ccnc(Nc5ccnc(N6CCC[C@H]6CO)n5)c4Cl)cn3)CC2)[C@H]1N.Cl. The Morgan fingerprint density at radius 3 is 2.62 bits per heavy atom. The fourth-order valence-electron chi connectivity index (χ4n) is 6.24. The molecule has 6 rings (SSSR count). The highest BCUT2D eigenvalue weighted by Crippen LogP contribution is 2.46. The second kappa shape index (κ2) is 12.8. The first-order valence-electron chi connectivity index (χ1n) is 14.0. The summed E-state index contributed by atoms with van der Waals surface area (Å²) in [6, 6.07) is 3.57. The van der Waals surface area contributed by atoms with Gasteiger partial charge >= 0.3 is 0 Å². The molecule has 4 N–H and O–H groups in total. The first-order valence-corrected chi connectivity index (χ1v) is 15.2. The molecule has 1 spiro atoms. The number of anilines is 4. The molecular weight excluding hydrogens is 597 g/mol. The van der Waals surface area contributed by atoms with E-state index in [1.165, 1.54) is 11.8 Å². The van der Waals surface area contributed by atoms with Crippen molar-refractivity contribution >= 4 is 65.0 Å². The van der Waals surface area contributed by atoms with Gasteiger partial charge in [0, 0.05) is 55.3 Å². The molecule has 3 aromatic rings.